The fraction of sp³-hybridized carbons (Fsp3) is 0.333. The largest absolute Gasteiger partial charge is 0.360 e. The summed E-state index contributed by atoms with van der Waals surface area (Å²) in [5, 5.41) is 19.3. The highest BCUT2D eigenvalue weighted by Crippen LogP contribution is 2.39. The van der Waals surface area contributed by atoms with Gasteiger partial charge in [0.05, 0.1) is 4.92 Å². The summed E-state index contributed by atoms with van der Waals surface area (Å²) >= 11 is 0. The zero-order valence-corrected chi connectivity index (χ0v) is 5.43. The zero-order valence-electron chi connectivity index (χ0n) is 5.43. The molecule has 0 amide bonds. The molecule has 0 aromatic carbocycles. The molecule has 58 valence electrons. The minimum atomic E-state index is -1.25. The van der Waals surface area contributed by atoms with Crippen LogP contribution in [0.3, 0.4) is 0 Å². The van der Waals surface area contributed by atoms with Crippen LogP contribution >= 0.6 is 0 Å². The van der Waals surface area contributed by atoms with Crippen LogP contribution < -0.4 is 0 Å². The lowest BCUT2D eigenvalue weighted by Gasteiger charge is -1.98. The van der Waals surface area contributed by atoms with Crippen LogP contribution in [-0.4, -0.2) is 21.9 Å². The molecule has 1 fully saturated rings. The van der Waals surface area contributed by atoms with Gasteiger partial charge in [0.25, 0.3) is 5.70 Å². The number of allylic oxidation sites excluding steroid dienone is 1. The van der Waals surface area contributed by atoms with Gasteiger partial charge in [0.15, 0.2) is 0 Å². The van der Waals surface area contributed by atoms with E-state index in [4.69, 9.17) is 4.74 Å². The summed E-state index contributed by atoms with van der Waals surface area (Å²) < 4.78 is 4.73. The Morgan fingerprint density at radius 1 is 1.82 bits per heavy atom. The van der Waals surface area contributed by atoms with Crippen LogP contribution in [0.1, 0.15) is 0 Å². The van der Waals surface area contributed by atoms with Crippen LogP contribution in [0.25, 0.3) is 0 Å². The van der Waals surface area contributed by atoms with E-state index in [1.165, 1.54) is 18.2 Å². The van der Waals surface area contributed by atoms with Crippen LogP contribution in [0.2, 0.25) is 0 Å². The van der Waals surface area contributed by atoms with Crippen LogP contribution in [0.5, 0.6) is 0 Å². The summed E-state index contributed by atoms with van der Waals surface area (Å²) in [5.41, 5.74) is -0.0304. The van der Waals surface area contributed by atoms with Crippen molar-refractivity contribution in [2.45, 2.75) is 11.9 Å². The lowest BCUT2D eigenvalue weighted by molar-refractivity contribution is -0.419. The molecule has 2 atom stereocenters. The smallest absolute Gasteiger partial charge is 0.268 e. The third-order valence-corrected chi connectivity index (χ3v) is 1.69. The van der Waals surface area contributed by atoms with E-state index < -0.39 is 16.8 Å². The van der Waals surface area contributed by atoms with Gasteiger partial charge in [0.1, 0.15) is 6.10 Å². The first-order valence-electron chi connectivity index (χ1n) is 3.07. The molecule has 1 heterocycles. The Labute approximate surface area is 61.7 Å². The first-order valence-corrected chi connectivity index (χ1v) is 3.07. The number of nitro groups is 1. The Bertz CT molecular complexity index is 282. The second-order valence-electron chi connectivity index (χ2n) is 2.47. The first-order chi connectivity index (χ1) is 5.12. The minimum Gasteiger partial charge on any atom is -0.360 e. The monoisotopic (exact) mass is 155 g/mol. The second kappa shape index (κ2) is 1.69. The molecule has 0 aromatic heterocycles. The maximum Gasteiger partial charge on any atom is 0.268 e. The number of aliphatic hydroxyl groups is 1. The maximum absolute atomic E-state index is 10.2. The fourth-order valence-electron chi connectivity index (χ4n) is 0.994. The van der Waals surface area contributed by atoms with Gasteiger partial charge in [-0.1, -0.05) is 0 Å². The van der Waals surface area contributed by atoms with E-state index in [1.54, 1.807) is 0 Å². The highest BCUT2D eigenvalue weighted by Gasteiger charge is 2.55. The van der Waals surface area contributed by atoms with Crippen LogP contribution in [0.4, 0.5) is 0 Å². The van der Waals surface area contributed by atoms with Crippen LogP contribution in [0.15, 0.2) is 23.9 Å². The molecule has 0 radical (unpaired) electrons. The summed E-state index contributed by atoms with van der Waals surface area (Å²) in [6.07, 6.45) is 3.30. The molecule has 5 nitrogen and oxygen atoms in total. The molecule has 2 aliphatic rings. The van der Waals surface area contributed by atoms with E-state index in [2.05, 4.69) is 0 Å². The molecule has 0 aromatic rings. The molecule has 11 heavy (non-hydrogen) atoms. The molecule has 0 bridgehead atoms. The van der Waals surface area contributed by atoms with Gasteiger partial charge in [-0.2, -0.15) is 0 Å². The normalized spacial score (nSPS) is 39.4. The maximum atomic E-state index is 10.2. The molecular formula is C6H5NO4. The summed E-state index contributed by atoms with van der Waals surface area (Å²) in [7, 11) is 0. The predicted molar refractivity (Wildman–Crippen MR) is 34.0 cm³/mol. The average Bonchev–Trinajstić information content (AvgIpc) is 2.58. The van der Waals surface area contributed by atoms with Gasteiger partial charge in [-0.15, -0.1) is 0 Å². The topological polar surface area (TPSA) is 75.9 Å². The summed E-state index contributed by atoms with van der Waals surface area (Å²) in [5.74, 6) is -1.25. The second-order valence-corrected chi connectivity index (χ2v) is 2.47. The Hall–Kier alpha value is -1.20. The van der Waals surface area contributed by atoms with Gasteiger partial charge < -0.3 is 9.84 Å². The molecule has 0 spiro atoms. The van der Waals surface area contributed by atoms with Crippen molar-refractivity contribution in [3.63, 3.8) is 0 Å². The molecule has 2 rings (SSSR count). The number of fused-ring (bicyclic) bond motifs is 1. The Morgan fingerprint density at radius 2 is 2.55 bits per heavy atom. The van der Waals surface area contributed by atoms with Gasteiger partial charge in [0, 0.05) is 12.2 Å². The highest BCUT2D eigenvalue weighted by atomic mass is 16.7. The lowest BCUT2D eigenvalue weighted by Crippen LogP contribution is -2.13. The summed E-state index contributed by atoms with van der Waals surface area (Å²) in [6.45, 7) is 0. The van der Waals surface area contributed by atoms with Crippen molar-refractivity contribution in [3.8, 4) is 0 Å². The van der Waals surface area contributed by atoms with E-state index in [0.717, 1.165) is 0 Å². The zero-order chi connectivity index (χ0) is 8.06. The van der Waals surface area contributed by atoms with Crippen molar-refractivity contribution in [2.75, 3.05) is 0 Å². The molecule has 1 aliphatic heterocycles. The van der Waals surface area contributed by atoms with Gasteiger partial charge in [-0.3, -0.25) is 10.1 Å². The van der Waals surface area contributed by atoms with Crippen LogP contribution in [0, 0.1) is 10.1 Å². The van der Waals surface area contributed by atoms with E-state index in [9.17, 15) is 15.2 Å². The third-order valence-electron chi connectivity index (χ3n) is 1.69. The Balaban J connectivity index is 2.25. The van der Waals surface area contributed by atoms with E-state index >= 15 is 0 Å². The number of hydrogen-bond acceptors (Lipinski definition) is 4. The number of hydrogen-bond donors (Lipinski definition) is 1. The molecule has 1 saturated heterocycles. The number of nitrogens with zero attached hydrogens (tertiary/aromatic N) is 1. The molecular weight excluding hydrogens is 150 g/mol. The fourth-order valence-corrected chi connectivity index (χ4v) is 0.994. The van der Waals surface area contributed by atoms with Crippen molar-refractivity contribution in [3.05, 3.63) is 34.0 Å². The molecule has 0 saturated carbocycles. The summed E-state index contributed by atoms with van der Waals surface area (Å²) in [4.78, 5) is 9.66. The summed E-state index contributed by atoms with van der Waals surface area (Å²) in [6, 6.07) is 0. The van der Waals surface area contributed by atoms with Crippen molar-refractivity contribution in [2.24, 2.45) is 0 Å². The average molecular weight is 155 g/mol. The molecule has 1 N–H and O–H groups in total. The van der Waals surface area contributed by atoms with Crippen molar-refractivity contribution in [1.29, 1.82) is 0 Å². The Kier molecular flexibility index (Phi) is 1.000. The van der Waals surface area contributed by atoms with E-state index in [-0.39, 0.29) is 5.70 Å². The first kappa shape index (κ1) is 6.51. The molecule has 1 aliphatic carbocycles. The van der Waals surface area contributed by atoms with Gasteiger partial charge >= 0.3 is 0 Å². The van der Waals surface area contributed by atoms with Crippen LogP contribution in [-0.2, 0) is 4.74 Å². The van der Waals surface area contributed by atoms with Crippen molar-refractivity contribution >= 4 is 0 Å². The highest BCUT2D eigenvalue weighted by molar-refractivity contribution is 5.30. The predicted octanol–water partition coefficient (Wildman–Crippen LogP) is -0.196. The lowest BCUT2D eigenvalue weighted by atomic mass is 10.1. The van der Waals surface area contributed by atoms with Crippen molar-refractivity contribution in [1.82, 2.24) is 0 Å². The van der Waals surface area contributed by atoms with Gasteiger partial charge in [0.2, 0.25) is 5.79 Å². The Morgan fingerprint density at radius 3 is 3.09 bits per heavy atom. The molecule has 5 heteroatoms. The quantitative estimate of drug-likeness (QED) is 0.323. The van der Waals surface area contributed by atoms with E-state index in [1.807, 2.05) is 0 Å². The minimum absolute atomic E-state index is 0.0304. The number of rotatable bonds is 1. The van der Waals surface area contributed by atoms with Gasteiger partial charge in [-0.25, -0.2) is 0 Å². The number of ether oxygens (including phenoxy) is 1. The van der Waals surface area contributed by atoms with Crippen molar-refractivity contribution < 1.29 is 14.8 Å². The SMILES string of the molecule is O=[N+]([O-])C1=CC2OC2(O)C=C1. The van der Waals surface area contributed by atoms with E-state index in [0.29, 0.717) is 0 Å². The third kappa shape index (κ3) is 0.856. The standard InChI is InChI=1S/C6H5NO4/c8-6-2-1-4(7(9)10)3-5(6)11-6/h1-3,5,8H. The number of epoxide rings is 1. The molecule has 2 unspecified atom stereocenters. The van der Waals surface area contributed by atoms with Gasteiger partial charge in [-0.05, 0) is 6.08 Å².